The van der Waals surface area contributed by atoms with Gasteiger partial charge >= 0.3 is 12.1 Å². The van der Waals surface area contributed by atoms with Crippen LogP contribution >= 0.6 is 11.6 Å². The van der Waals surface area contributed by atoms with Crippen molar-refractivity contribution in [3.8, 4) is 0 Å². The Kier molecular flexibility index (Phi) is 10.00. The van der Waals surface area contributed by atoms with Crippen molar-refractivity contribution in [2.45, 2.75) is 19.4 Å². The fourth-order valence-corrected chi connectivity index (χ4v) is 1.14. The Labute approximate surface area is 122 Å². The Balaban J connectivity index is 3.91. The van der Waals surface area contributed by atoms with Crippen molar-refractivity contribution in [3.05, 3.63) is 12.2 Å². The molecule has 1 unspecified atom stereocenters. The monoisotopic (exact) mass is 304 g/mol. The van der Waals surface area contributed by atoms with E-state index in [1.165, 1.54) is 13.0 Å². The molecule has 0 radical (unpaired) electrons. The van der Waals surface area contributed by atoms with Crippen molar-refractivity contribution in [1.82, 2.24) is 5.32 Å². The summed E-state index contributed by atoms with van der Waals surface area (Å²) in [5.41, 5.74) is 0.249. The Morgan fingerprint density at radius 3 is 2.75 bits per heavy atom. The minimum atomic E-state index is -0.743. The first-order chi connectivity index (χ1) is 9.51. The van der Waals surface area contributed by atoms with Gasteiger partial charge in [-0.15, -0.1) is 11.6 Å². The molecule has 0 rings (SSSR count). The van der Waals surface area contributed by atoms with Crippen molar-refractivity contribution in [3.63, 3.8) is 0 Å². The summed E-state index contributed by atoms with van der Waals surface area (Å²) in [5, 5.41) is 2.45. The number of nitrogens with one attached hydrogen (secondary N) is 1. The zero-order valence-corrected chi connectivity index (χ0v) is 11.9. The van der Waals surface area contributed by atoms with Gasteiger partial charge in [0.2, 0.25) is 6.08 Å². The smallest absolute Gasteiger partial charge is 0.407 e. The normalized spacial score (nSPS) is 10.9. The van der Waals surface area contributed by atoms with Crippen LogP contribution in [-0.2, 0) is 19.1 Å². The number of carbonyl (C=O) groups is 2. The van der Waals surface area contributed by atoms with Crippen LogP contribution in [0.25, 0.3) is 0 Å². The molecular weight excluding hydrogens is 288 g/mol. The van der Waals surface area contributed by atoms with Crippen LogP contribution in [0, 0.1) is 0 Å². The Hall–Kier alpha value is -1.85. The quantitative estimate of drug-likeness (QED) is 0.172. The van der Waals surface area contributed by atoms with Crippen LogP contribution in [0.3, 0.4) is 0 Å². The largest absolute Gasteiger partial charge is 0.458 e. The Morgan fingerprint density at radius 1 is 1.50 bits per heavy atom. The van der Waals surface area contributed by atoms with Gasteiger partial charge in [0.1, 0.15) is 6.61 Å². The lowest BCUT2D eigenvalue weighted by Crippen LogP contribution is -2.33. The molecule has 0 aromatic rings. The zero-order valence-electron chi connectivity index (χ0n) is 11.2. The number of hydrogen-bond donors (Lipinski definition) is 1. The second-order valence-electron chi connectivity index (χ2n) is 3.81. The lowest BCUT2D eigenvalue weighted by atomic mass is 10.3. The number of alkyl carbamates (subject to hydrolysis) is 1. The third-order valence-corrected chi connectivity index (χ3v) is 2.32. The molecular formula is C12H17ClN2O5. The molecule has 1 atom stereocenters. The highest BCUT2D eigenvalue weighted by atomic mass is 35.5. The number of hydrogen-bond acceptors (Lipinski definition) is 6. The highest BCUT2D eigenvalue weighted by Gasteiger charge is 2.15. The van der Waals surface area contributed by atoms with Gasteiger partial charge in [-0.05, 0) is 13.3 Å². The molecule has 1 N–H and O–H groups in total. The SMILES string of the molecule is C=C(C)C(=O)OCC(CCl)OC(=O)NCCCN=C=O. The van der Waals surface area contributed by atoms with Crippen molar-refractivity contribution in [2.24, 2.45) is 4.99 Å². The summed E-state index contributed by atoms with van der Waals surface area (Å²) in [5.74, 6) is -0.581. The number of carbonyl (C=O) groups excluding carboxylic acids is 3. The van der Waals surface area contributed by atoms with Gasteiger partial charge in [-0.1, -0.05) is 6.58 Å². The topological polar surface area (TPSA) is 94.1 Å². The fraction of sp³-hybridized carbons (Fsp3) is 0.583. The summed E-state index contributed by atoms with van der Waals surface area (Å²) >= 11 is 5.60. The maximum absolute atomic E-state index is 11.4. The molecule has 0 bridgehead atoms. The van der Waals surface area contributed by atoms with Crippen LogP contribution in [-0.4, -0.2) is 49.8 Å². The molecule has 7 nitrogen and oxygen atoms in total. The lowest BCUT2D eigenvalue weighted by Gasteiger charge is -2.15. The molecule has 0 saturated heterocycles. The van der Waals surface area contributed by atoms with Crippen LogP contribution < -0.4 is 5.32 Å². The van der Waals surface area contributed by atoms with Crippen LogP contribution in [0.15, 0.2) is 17.1 Å². The maximum Gasteiger partial charge on any atom is 0.407 e. The molecule has 20 heavy (non-hydrogen) atoms. The van der Waals surface area contributed by atoms with E-state index in [9.17, 15) is 14.4 Å². The molecule has 0 fully saturated rings. The molecule has 0 aliphatic heterocycles. The highest BCUT2D eigenvalue weighted by molar-refractivity contribution is 6.18. The first-order valence-electron chi connectivity index (χ1n) is 5.88. The predicted molar refractivity (Wildman–Crippen MR) is 72.4 cm³/mol. The van der Waals surface area contributed by atoms with E-state index in [1.807, 2.05) is 0 Å². The number of halogens is 1. The third-order valence-electron chi connectivity index (χ3n) is 1.98. The standard InChI is InChI=1S/C12H17ClN2O5/c1-9(2)11(17)19-7-10(6-13)20-12(18)15-5-3-4-14-8-16/h10H,1,3-7H2,2H3,(H,15,18). The molecule has 8 heteroatoms. The molecule has 0 aromatic carbocycles. The first kappa shape index (κ1) is 18.1. The minimum Gasteiger partial charge on any atom is -0.458 e. The van der Waals surface area contributed by atoms with Crippen molar-refractivity contribution < 1.29 is 23.9 Å². The van der Waals surface area contributed by atoms with E-state index in [0.717, 1.165) is 0 Å². The first-order valence-corrected chi connectivity index (χ1v) is 6.41. The maximum atomic E-state index is 11.4. The summed E-state index contributed by atoms with van der Waals surface area (Å²) < 4.78 is 9.77. The van der Waals surface area contributed by atoms with Gasteiger partial charge in [-0.2, -0.15) is 0 Å². The summed E-state index contributed by atoms with van der Waals surface area (Å²) in [4.78, 5) is 35.6. The fourth-order valence-electron chi connectivity index (χ4n) is 0.989. The highest BCUT2D eigenvalue weighted by Crippen LogP contribution is 2.00. The summed E-state index contributed by atoms with van der Waals surface area (Å²) in [6.45, 7) is 5.36. The van der Waals surface area contributed by atoms with E-state index in [4.69, 9.17) is 21.1 Å². The predicted octanol–water partition coefficient (Wildman–Crippen LogP) is 1.17. The van der Waals surface area contributed by atoms with Crippen LogP contribution in [0.5, 0.6) is 0 Å². The van der Waals surface area contributed by atoms with Gasteiger partial charge in [0, 0.05) is 12.1 Å². The van der Waals surface area contributed by atoms with Crippen molar-refractivity contribution >= 4 is 29.7 Å². The molecule has 1 amide bonds. The summed E-state index contributed by atoms with van der Waals surface area (Å²) in [6.07, 6.45) is 0.452. The van der Waals surface area contributed by atoms with Gasteiger partial charge in [0.25, 0.3) is 0 Å². The molecule has 0 heterocycles. The van der Waals surface area contributed by atoms with E-state index >= 15 is 0 Å². The van der Waals surface area contributed by atoms with E-state index in [2.05, 4.69) is 16.9 Å². The second-order valence-corrected chi connectivity index (χ2v) is 4.12. The summed E-state index contributed by atoms with van der Waals surface area (Å²) in [7, 11) is 0. The van der Waals surface area contributed by atoms with Crippen LogP contribution in [0.4, 0.5) is 4.79 Å². The number of aliphatic imine (C=N–C) groups is 1. The third kappa shape index (κ3) is 9.13. The number of nitrogens with zero attached hydrogens (tertiary/aromatic N) is 1. The molecule has 0 spiro atoms. The summed E-state index contributed by atoms with van der Waals surface area (Å²) in [6, 6.07) is 0. The van der Waals surface area contributed by atoms with E-state index in [-0.39, 0.29) is 24.6 Å². The van der Waals surface area contributed by atoms with Crippen molar-refractivity contribution in [1.29, 1.82) is 0 Å². The minimum absolute atomic E-state index is 0.00761. The Bertz CT molecular complexity index is 393. The second kappa shape index (κ2) is 11.0. The van der Waals surface area contributed by atoms with E-state index < -0.39 is 18.2 Å². The average molecular weight is 305 g/mol. The molecule has 0 saturated carbocycles. The lowest BCUT2D eigenvalue weighted by molar-refractivity contribution is -0.141. The van der Waals surface area contributed by atoms with Crippen LogP contribution in [0.2, 0.25) is 0 Å². The molecule has 0 aliphatic carbocycles. The number of ether oxygens (including phenoxy) is 2. The molecule has 0 aromatic heterocycles. The zero-order chi connectivity index (χ0) is 15.4. The van der Waals surface area contributed by atoms with Gasteiger partial charge in [-0.3, -0.25) is 0 Å². The van der Waals surface area contributed by atoms with Gasteiger partial charge in [0.15, 0.2) is 6.10 Å². The van der Waals surface area contributed by atoms with Gasteiger partial charge in [0.05, 0.1) is 12.4 Å². The van der Waals surface area contributed by atoms with Crippen molar-refractivity contribution in [2.75, 3.05) is 25.6 Å². The van der Waals surface area contributed by atoms with Gasteiger partial charge < -0.3 is 14.8 Å². The Morgan fingerprint density at radius 2 is 2.20 bits per heavy atom. The van der Waals surface area contributed by atoms with E-state index in [1.54, 1.807) is 0 Å². The number of esters is 1. The van der Waals surface area contributed by atoms with Gasteiger partial charge in [-0.25, -0.2) is 19.4 Å². The molecule has 0 aliphatic rings. The number of isocyanates is 1. The number of amides is 1. The number of rotatable bonds is 9. The molecule has 112 valence electrons. The van der Waals surface area contributed by atoms with Crippen LogP contribution in [0.1, 0.15) is 13.3 Å². The average Bonchev–Trinajstić information content (AvgIpc) is 2.42. The van der Waals surface area contributed by atoms with E-state index in [0.29, 0.717) is 13.0 Å². The number of alkyl halides is 1.